The van der Waals surface area contributed by atoms with Crippen LogP contribution in [0, 0.1) is 5.82 Å². The molecular weight excluding hydrogens is 295 g/mol. The molecule has 0 aliphatic heterocycles. The van der Waals surface area contributed by atoms with E-state index in [2.05, 4.69) is 5.32 Å². The zero-order chi connectivity index (χ0) is 15.9. The molecule has 0 atom stereocenters. The van der Waals surface area contributed by atoms with E-state index in [1.165, 1.54) is 10.4 Å². The minimum Gasteiger partial charge on any atom is -0.352 e. The van der Waals surface area contributed by atoms with Crippen LogP contribution in [0.25, 0.3) is 0 Å². The lowest BCUT2D eigenvalue weighted by atomic mass is 10.2. The Balaban J connectivity index is 2.45. The van der Waals surface area contributed by atoms with Gasteiger partial charge >= 0.3 is 0 Å². The van der Waals surface area contributed by atoms with Crippen LogP contribution in [-0.4, -0.2) is 38.0 Å². The van der Waals surface area contributed by atoms with Gasteiger partial charge in [-0.3, -0.25) is 4.79 Å². The highest BCUT2D eigenvalue weighted by Crippen LogP contribution is 2.06. The van der Waals surface area contributed by atoms with Gasteiger partial charge in [0.05, 0.1) is 6.26 Å². The number of nitrogens with one attached hydrogen (secondary N) is 1. The molecule has 1 rings (SSSR count). The van der Waals surface area contributed by atoms with Crippen LogP contribution < -0.4 is 5.32 Å². The number of hydrogen-bond acceptors (Lipinski definition) is 3. The Labute approximate surface area is 125 Å². The predicted molar refractivity (Wildman–Crippen MR) is 79.6 cm³/mol. The number of hydrogen-bond donors (Lipinski definition) is 1. The third kappa shape index (κ3) is 6.22. The Hall–Kier alpha value is -1.47. The molecule has 118 valence electrons. The van der Waals surface area contributed by atoms with E-state index in [1.807, 2.05) is 6.92 Å². The van der Waals surface area contributed by atoms with Gasteiger partial charge in [0.15, 0.2) is 0 Å². The summed E-state index contributed by atoms with van der Waals surface area (Å²) in [7, 11) is -3.30. The summed E-state index contributed by atoms with van der Waals surface area (Å²) < 4.78 is 37.7. The van der Waals surface area contributed by atoms with Gasteiger partial charge in [-0.15, -0.1) is 0 Å². The van der Waals surface area contributed by atoms with Crippen molar-refractivity contribution in [1.29, 1.82) is 0 Å². The summed E-state index contributed by atoms with van der Waals surface area (Å²) in [5.74, 6) is -0.676. The number of rotatable bonds is 8. The maximum atomic E-state index is 13.4. The summed E-state index contributed by atoms with van der Waals surface area (Å²) in [6.07, 6.45) is 1.87. The van der Waals surface area contributed by atoms with Crippen molar-refractivity contribution < 1.29 is 17.6 Å². The topological polar surface area (TPSA) is 66.5 Å². The highest BCUT2D eigenvalue weighted by atomic mass is 32.2. The van der Waals surface area contributed by atoms with Gasteiger partial charge in [0.2, 0.25) is 15.9 Å². The van der Waals surface area contributed by atoms with Crippen molar-refractivity contribution in [2.24, 2.45) is 0 Å². The van der Waals surface area contributed by atoms with Gasteiger partial charge in [-0.1, -0.05) is 25.1 Å². The average molecular weight is 316 g/mol. The molecule has 0 fully saturated rings. The molecule has 0 saturated carbocycles. The molecule has 0 bridgehead atoms. The van der Waals surface area contributed by atoms with Gasteiger partial charge in [0.25, 0.3) is 0 Å². The molecule has 0 spiro atoms. The third-order valence-electron chi connectivity index (χ3n) is 2.96. The van der Waals surface area contributed by atoms with E-state index in [9.17, 15) is 17.6 Å². The van der Waals surface area contributed by atoms with E-state index in [-0.39, 0.29) is 31.2 Å². The molecule has 0 radical (unpaired) electrons. The molecule has 1 amide bonds. The van der Waals surface area contributed by atoms with Crippen LogP contribution in [-0.2, 0) is 21.4 Å². The van der Waals surface area contributed by atoms with Gasteiger partial charge in [0.1, 0.15) is 5.82 Å². The molecule has 1 aromatic carbocycles. The summed E-state index contributed by atoms with van der Waals surface area (Å²) in [4.78, 5) is 11.7. The quantitative estimate of drug-likeness (QED) is 0.790. The van der Waals surface area contributed by atoms with Crippen LogP contribution in [0.15, 0.2) is 24.3 Å². The summed E-state index contributed by atoms with van der Waals surface area (Å²) in [6, 6.07) is 6.19. The number of carbonyl (C=O) groups is 1. The zero-order valence-corrected chi connectivity index (χ0v) is 13.1. The lowest BCUT2D eigenvalue weighted by Gasteiger charge is -2.18. The average Bonchev–Trinajstić information content (AvgIpc) is 2.41. The predicted octanol–water partition coefficient (Wildman–Crippen LogP) is 1.50. The fraction of sp³-hybridized carbons (Fsp3) is 0.500. The molecule has 7 heteroatoms. The monoisotopic (exact) mass is 316 g/mol. The van der Waals surface area contributed by atoms with Crippen LogP contribution in [0.2, 0.25) is 0 Å². The fourth-order valence-electron chi connectivity index (χ4n) is 1.84. The fourth-order valence-corrected chi connectivity index (χ4v) is 2.78. The van der Waals surface area contributed by atoms with Crippen LogP contribution in [0.4, 0.5) is 4.39 Å². The molecule has 0 aromatic heterocycles. The molecule has 0 aliphatic rings. The molecule has 5 nitrogen and oxygen atoms in total. The standard InChI is InChI=1S/C14H21FN2O3S/c1-3-9-17(21(2,19)20)10-8-14(18)16-11-12-6-4-5-7-13(12)15/h4-7H,3,8-11H2,1-2H3,(H,16,18). The van der Waals surface area contributed by atoms with Gasteiger partial charge < -0.3 is 5.32 Å². The SMILES string of the molecule is CCCN(CCC(=O)NCc1ccccc1F)S(C)(=O)=O. The molecule has 0 heterocycles. The van der Waals surface area contributed by atoms with Crippen molar-refractivity contribution in [2.45, 2.75) is 26.3 Å². The van der Waals surface area contributed by atoms with Crippen LogP contribution >= 0.6 is 0 Å². The Morgan fingerprint density at radius 3 is 2.52 bits per heavy atom. The Morgan fingerprint density at radius 2 is 1.95 bits per heavy atom. The number of halogens is 1. The summed E-state index contributed by atoms with van der Waals surface area (Å²) in [6.45, 7) is 2.49. The first kappa shape index (κ1) is 17.6. The number of amides is 1. The van der Waals surface area contributed by atoms with Crippen molar-refractivity contribution in [3.63, 3.8) is 0 Å². The molecular formula is C14H21FN2O3S. The second-order valence-corrected chi connectivity index (χ2v) is 6.76. The van der Waals surface area contributed by atoms with Gasteiger partial charge in [-0.05, 0) is 12.5 Å². The number of benzene rings is 1. The van der Waals surface area contributed by atoms with E-state index in [1.54, 1.807) is 18.2 Å². The number of carbonyl (C=O) groups excluding carboxylic acids is 1. The first-order valence-electron chi connectivity index (χ1n) is 6.79. The number of sulfonamides is 1. The van der Waals surface area contributed by atoms with E-state index < -0.39 is 10.0 Å². The Morgan fingerprint density at radius 1 is 1.29 bits per heavy atom. The number of nitrogens with zero attached hydrogens (tertiary/aromatic N) is 1. The van der Waals surface area contributed by atoms with Gasteiger partial charge in [-0.2, -0.15) is 0 Å². The Kier molecular flexibility index (Phi) is 6.77. The van der Waals surface area contributed by atoms with Crippen molar-refractivity contribution in [3.8, 4) is 0 Å². The molecule has 0 saturated heterocycles. The maximum absolute atomic E-state index is 13.4. The molecule has 1 N–H and O–H groups in total. The van der Waals surface area contributed by atoms with E-state index in [4.69, 9.17) is 0 Å². The largest absolute Gasteiger partial charge is 0.352 e. The normalized spacial score (nSPS) is 11.6. The van der Waals surface area contributed by atoms with Crippen LogP contribution in [0.3, 0.4) is 0 Å². The van der Waals surface area contributed by atoms with E-state index in [0.717, 1.165) is 6.26 Å². The molecule has 0 unspecified atom stereocenters. The smallest absolute Gasteiger partial charge is 0.221 e. The minimum atomic E-state index is -3.30. The lowest BCUT2D eigenvalue weighted by Crippen LogP contribution is -2.35. The van der Waals surface area contributed by atoms with Crippen molar-refractivity contribution in [1.82, 2.24) is 9.62 Å². The summed E-state index contributed by atoms with van der Waals surface area (Å²) in [5, 5.41) is 2.59. The first-order valence-corrected chi connectivity index (χ1v) is 8.64. The van der Waals surface area contributed by atoms with Crippen molar-refractivity contribution >= 4 is 15.9 Å². The summed E-state index contributed by atoms with van der Waals surface area (Å²) in [5.41, 5.74) is 0.402. The van der Waals surface area contributed by atoms with E-state index in [0.29, 0.717) is 18.5 Å². The van der Waals surface area contributed by atoms with Crippen LogP contribution in [0.5, 0.6) is 0 Å². The first-order chi connectivity index (χ1) is 9.84. The zero-order valence-electron chi connectivity index (χ0n) is 12.3. The minimum absolute atomic E-state index is 0.0571. The molecule has 0 aliphatic carbocycles. The van der Waals surface area contributed by atoms with Crippen molar-refractivity contribution in [3.05, 3.63) is 35.6 Å². The molecule has 21 heavy (non-hydrogen) atoms. The van der Waals surface area contributed by atoms with Gasteiger partial charge in [-0.25, -0.2) is 17.1 Å². The lowest BCUT2D eigenvalue weighted by molar-refractivity contribution is -0.121. The van der Waals surface area contributed by atoms with Crippen molar-refractivity contribution in [2.75, 3.05) is 19.3 Å². The van der Waals surface area contributed by atoms with E-state index >= 15 is 0 Å². The third-order valence-corrected chi connectivity index (χ3v) is 4.27. The molecule has 1 aromatic rings. The van der Waals surface area contributed by atoms with Gasteiger partial charge in [0, 0.05) is 31.6 Å². The second kappa shape index (κ2) is 8.09. The highest BCUT2D eigenvalue weighted by molar-refractivity contribution is 7.88. The Bertz CT molecular complexity index is 575. The van der Waals surface area contributed by atoms with Crippen LogP contribution in [0.1, 0.15) is 25.3 Å². The maximum Gasteiger partial charge on any atom is 0.221 e. The summed E-state index contributed by atoms with van der Waals surface area (Å²) >= 11 is 0. The second-order valence-electron chi connectivity index (χ2n) is 4.78. The highest BCUT2D eigenvalue weighted by Gasteiger charge is 2.16.